The van der Waals surface area contributed by atoms with Gasteiger partial charge in [-0.2, -0.15) is 0 Å². The molecule has 28 heavy (non-hydrogen) atoms. The predicted octanol–water partition coefficient (Wildman–Crippen LogP) is 3.10. The molecule has 2 rings (SSSR count). The number of unbranched alkanes of at least 4 members (excludes halogenated alkanes) is 3. The first-order chi connectivity index (χ1) is 13.7. The van der Waals surface area contributed by atoms with Crippen molar-refractivity contribution in [1.82, 2.24) is 15.5 Å². The first-order valence-electron chi connectivity index (χ1n) is 10.6. The van der Waals surface area contributed by atoms with Gasteiger partial charge in [0.2, 0.25) is 0 Å². The van der Waals surface area contributed by atoms with Gasteiger partial charge in [0, 0.05) is 26.6 Å². The lowest BCUT2D eigenvalue weighted by atomic mass is 10.1. The molecular formula is C21H36N4O3. The molecule has 1 aliphatic heterocycles. The Morgan fingerprint density at radius 2 is 2.04 bits per heavy atom. The Labute approximate surface area is 168 Å². The van der Waals surface area contributed by atoms with Gasteiger partial charge in [0.05, 0.1) is 18.9 Å². The summed E-state index contributed by atoms with van der Waals surface area (Å²) in [5, 5.41) is 6.82. The standard InChI is InChI=1S/C21H36N4O3/c1-3-27-20(26)12-6-4-5-7-13-23-21(22-2)24-17-18(19-11-10-16-28-19)25-14-8-9-15-25/h10-11,16,18H,3-9,12-15,17H2,1-2H3,(H2,22,23,24). The van der Waals surface area contributed by atoms with Crippen molar-refractivity contribution in [3.05, 3.63) is 24.2 Å². The maximum atomic E-state index is 11.3. The maximum Gasteiger partial charge on any atom is 0.305 e. The number of nitrogens with zero attached hydrogens (tertiary/aromatic N) is 2. The summed E-state index contributed by atoms with van der Waals surface area (Å²) in [4.78, 5) is 18.1. The van der Waals surface area contributed by atoms with E-state index in [2.05, 4.69) is 26.6 Å². The third-order valence-electron chi connectivity index (χ3n) is 5.04. The Balaban J connectivity index is 1.63. The van der Waals surface area contributed by atoms with Gasteiger partial charge in [-0.1, -0.05) is 12.8 Å². The molecule has 7 nitrogen and oxygen atoms in total. The molecule has 0 amide bonds. The Morgan fingerprint density at radius 1 is 1.25 bits per heavy atom. The number of hydrogen-bond donors (Lipinski definition) is 2. The molecule has 2 N–H and O–H groups in total. The molecule has 1 saturated heterocycles. The Bertz CT molecular complexity index is 568. The summed E-state index contributed by atoms with van der Waals surface area (Å²) < 4.78 is 10.6. The van der Waals surface area contributed by atoms with Crippen molar-refractivity contribution in [2.45, 2.75) is 57.9 Å². The molecule has 1 aromatic heterocycles. The highest BCUT2D eigenvalue weighted by Crippen LogP contribution is 2.24. The van der Waals surface area contributed by atoms with E-state index < -0.39 is 0 Å². The lowest BCUT2D eigenvalue weighted by molar-refractivity contribution is -0.143. The average molecular weight is 393 g/mol. The van der Waals surface area contributed by atoms with Gasteiger partial charge in [-0.3, -0.25) is 14.7 Å². The number of rotatable bonds is 12. The number of carbonyl (C=O) groups is 1. The quantitative estimate of drug-likeness (QED) is 0.246. The van der Waals surface area contributed by atoms with Crippen LogP contribution in [-0.4, -0.2) is 56.7 Å². The minimum absolute atomic E-state index is 0.0886. The van der Waals surface area contributed by atoms with Gasteiger partial charge in [0.25, 0.3) is 0 Å². The molecule has 1 fully saturated rings. The zero-order chi connectivity index (χ0) is 20.0. The fraction of sp³-hybridized carbons (Fsp3) is 0.714. The van der Waals surface area contributed by atoms with Crippen molar-refractivity contribution in [2.24, 2.45) is 4.99 Å². The van der Waals surface area contributed by atoms with Crippen molar-refractivity contribution in [3.8, 4) is 0 Å². The second-order valence-corrected chi connectivity index (χ2v) is 7.12. The highest BCUT2D eigenvalue weighted by Gasteiger charge is 2.25. The van der Waals surface area contributed by atoms with Gasteiger partial charge in [-0.05, 0) is 57.8 Å². The van der Waals surface area contributed by atoms with E-state index in [1.54, 1.807) is 13.3 Å². The van der Waals surface area contributed by atoms with Crippen molar-refractivity contribution in [2.75, 3.05) is 39.8 Å². The number of likely N-dealkylation sites (tertiary alicyclic amines) is 1. The van der Waals surface area contributed by atoms with Crippen molar-refractivity contribution < 1.29 is 13.9 Å². The number of furan rings is 1. The normalized spacial score (nSPS) is 16.1. The van der Waals surface area contributed by atoms with Crippen molar-refractivity contribution in [3.63, 3.8) is 0 Å². The van der Waals surface area contributed by atoms with Crippen molar-refractivity contribution in [1.29, 1.82) is 0 Å². The number of hydrogen-bond acceptors (Lipinski definition) is 5. The summed E-state index contributed by atoms with van der Waals surface area (Å²) >= 11 is 0. The molecule has 2 heterocycles. The Hall–Kier alpha value is -2.02. The minimum Gasteiger partial charge on any atom is -0.468 e. The molecule has 0 radical (unpaired) electrons. The van der Waals surface area contributed by atoms with Gasteiger partial charge in [-0.15, -0.1) is 0 Å². The van der Waals surface area contributed by atoms with Crippen LogP contribution < -0.4 is 10.6 Å². The first kappa shape index (κ1) is 22.3. The van der Waals surface area contributed by atoms with E-state index in [-0.39, 0.29) is 12.0 Å². The van der Waals surface area contributed by atoms with Gasteiger partial charge in [-0.25, -0.2) is 0 Å². The smallest absolute Gasteiger partial charge is 0.305 e. The molecular weight excluding hydrogens is 356 g/mol. The topological polar surface area (TPSA) is 79.1 Å². The van der Waals surface area contributed by atoms with Crippen LogP contribution in [0.5, 0.6) is 0 Å². The second-order valence-electron chi connectivity index (χ2n) is 7.12. The monoisotopic (exact) mass is 392 g/mol. The molecule has 0 aliphatic carbocycles. The Kier molecular flexibility index (Phi) is 10.5. The number of nitrogens with one attached hydrogen (secondary N) is 2. The third kappa shape index (κ3) is 7.92. The van der Waals surface area contributed by atoms with Crippen molar-refractivity contribution >= 4 is 11.9 Å². The summed E-state index contributed by atoms with van der Waals surface area (Å²) in [6.45, 7) is 6.18. The van der Waals surface area contributed by atoms with Crippen LogP contribution in [0.1, 0.15) is 63.7 Å². The molecule has 1 atom stereocenters. The van der Waals surface area contributed by atoms with E-state index >= 15 is 0 Å². The lowest BCUT2D eigenvalue weighted by Gasteiger charge is -2.26. The Morgan fingerprint density at radius 3 is 2.71 bits per heavy atom. The van der Waals surface area contributed by atoms with Crippen LogP contribution in [-0.2, 0) is 9.53 Å². The zero-order valence-electron chi connectivity index (χ0n) is 17.4. The average Bonchev–Trinajstić information content (AvgIpc) is 3.40. The SMILES string of the molecule is CCOC(=O)CCCCCCNC(=NC)NCC(c1ccco1)N1CCCC1. The number of esters is 1. The molecule has 1 aliphatic rings. The zero-order valence-corrected chi connectivity index (χ0v) is 17.4. The highest BCUT2D eigenvalue weighted by molar-refractivity contribution is 5.79. The second kappa shape index (κ2) is 13.2. The molecule has 0 bridgehead atoms. The van der Waals surface area contributed by atoms with Crippen LogP contribution in [0.2, 0.25) is 0 Å². The molecule has 0 saturated carbocycles. The minimum atomic E-state index is -0.0886. The molecule has 7 heteroatoms. The van der Waals surface area contributed by atoms with Gasteiger partial charge >= 0.3 is 5.97 Å². The van der Waals surface area contributed by atoms with Gasteiger partial charge in [0.15, 0.2) is 5.96 Å². The van der Waals surface area contributed by atoms with Crippen LogP contribution in [0.3, 0.4) is 0 Å². The summed E-state index contributed by atoms with van der Waals surface area (Å²) in [5.74, 6) is 1.74. The number of ether oxygens (including phenoxy) is 1. The molecule has 1 unspecified atom stereocenters. The fourth-order valence-electron chi connectivity index (χ4n) is 3.55. The van der Waals surface area contributed by atoms with Crippen LogP contribution >= 0.6 is 0 Å². The molecule has 0 spiro atoms. The lowest BCUT2D eigenvalue weighted by Crippen LogP contribution is -2.42. The summed E-state index contributed by atoms with van der Waals surface area (Å²) in [7, 11) is 1.80. The number of guanidine groups is 1. The summed E-state index contributed by atoms with van der Waals surface area (Å²) in [5.41, 5.74) is 0. The van der Waals surface area contributed by atoms with Gasteiger partial charge < -0.3 is 19.8 Å². The van der Waals surface area contributed by atoms with E-state index in [0.717, 1.165) is 63.6 Å². The third-order valence-corrected chi connectivity index (χ3v) is 5.04. The fourth-order valence-corrected chi connectivity index (χ4v) is 3.55. The van der Waals surface area contributed by atoms with Crippen LogP contribution in [0.15, 0.2) is 27.8 Å². The van der Waals surface area contributed by atoms with Gasteiger partial charge in [0.1, 0.15) is 5.76 Å². The predicted molar refractivity (Wildman–Crippen MR) is 111 cm³/mol. The van der Waals surface area contributed by atoms with Crippen LogP contribution in [0.25, 0.3) is 0 Å². The van der Waals surface area contributed by atoms with Crippen LogP contribution in [0, 0.1) is 0 Å². The highest BCUT2D eigenvalue weighted by atomic mass is 16.5. The van der Waals surface area contributed by atoms with E-state index in [0.29, 0.717) is 13.0 Å². The number of carbonyl (C=O) groups excluding carboxylic acids is 1. The maximum absolute atomic E-state index is 11.3. The summed E-state index contributed by atoms with van der Waals surface area (Å²) in [6, 6.07) is 4.24. The van der Waals surface area contributed by atoms with E-state index in [1.165, 1.54) is 12.8 Å². The van der Waals surface area contributed by atoms with E-state index in [4.69, 9.17) is 9.15 Å². The largest absolute Gasteiger partial charge is 0.468 e. The van der Waals surface area contributed by atoms with E-state index in [9.17, 15) is 4.79 Å². The van der Waals surface area contributed by atoms with E-state index in [1.807, 2.05) is 13.0 Å². The molecule has 1 aromatic rings. The molecule has 0 aromatic carbocycles. The number of aliphatic imine (C=N–C) groups is 1. The summed E-state index contributed by atoms with van der Waals surface area (Å²) in [6.07, 6.45) is 8.85. The molecule has 158 valence electrons. The first-order valence-corrected chi connectivity index (χ1v) is 10.6. The van der Waals surface area contributed by atoms with Crippen LogP contribution in [0.4, 0.5) is 0 Å².